The predicted octanol–water partition coefficient (Wildman–Crippen LogP) is 3.23. The summed E-state index contributed by atoms with van der Waals surface area (Å²) >= 11 is 0. The number of pyridine rings is 1. The summed E-state index contributed by atoms with van der Waals surface area (Å²) in [7, 11) is 4.26. The van der Waals surface area contributed by atoms with Crippen LogP contribution in [0.1, 0.15) is 42.3 Å². The van der Waals surface area contributed by atoms with Gasteiger partial charge in [0.1, 0.15) is 11.6 Å². The Morgan fingerprint density at radius 2 is 2.08 bits per heavy atom. The van der Waals surface area contributed by atoms with E-state index in [1.54, 1.807) is 0 Å². The molecule has 2 aromatic heterocycles. The third-order valence-corrected chi connectivity index (χ3v) is 4.95. The average molecular weight is 342 g/mol. The van der Waals surface area contributed by atoms with Crippen LogP contribution in [0.3, 0.4) is 0 Å². The SMILES string of the molecule is Cc1cc(C)nc(N2CCC[C@@H](c3nccn3CCCN(C)C)C2)c1. The summed E-state index contributed by atoms with van der Waals surface area (Å²) in [4.78, 5) is 14.1. The van der Waals surface area contributed by atoms with E-state index in [9.17, 15) is 0 Å². The van der Waals surface area contributed by atoms with Crippen molar-refractivity contribution in [2.75, 3.05) is 38.6 Å². The molecule has 0 amide bonds. The van der Waals surface area contributed by atoms with E-state index in [2.05, 4.69) is 60.6 Å². The lowest BCUT2D eigenvalue weighted by atomic mass is 9.97. The standard InChI is InChI=1S/C20H31N5/c1-16-13-17(2)22-19(14-16)25-10-5-7-18(15-25)20-21-8-12-24(20)11-6-9-23(3)4/h8,12-14,18H,5-7,9-11,15H2,1-4H3/t18-/m1/s1. The summed E-state index contributed by atoms with van der Waals surface area (Å²) in [6, 6.07) is 4.35. The normalized spacial score (nSPS) is 18.1. The van der Waals surface area contributed by atoms with Crippen molar-refractivity contribution >= 4 is 5.82 Å². The maximum absolute atomic E-state index is 4.76. The Morgan fingerprint density at radius 3 is 2.84 bits per heavy atom. The van der Waals surface area contributed by atoms with Gasteiger partial charge in [0.15, 0.2) is 0 Å². The Balaban J connectivity index is 1.70. The van der Waals surface area contributed by atoms with Crippen LogP contribution in [0.15, 0.2) is 24.5 Å². The van der Waals surface area contributed by atoms with Crippen molar-refractivity contribution in [3.05, 3.63) is 41.6 Å². The number of anilines is 1. The molecule has 3 rings (SSSR count). The number of hydrogen-bond donors (Lipinski definition) is 0. The van der Waals surface area contributed by atoms with Gasteiger partial charge >= 0.3 is 0 Å². The highest BCUT2D eigenvalue weighted by Crippen LogP contribution is 2.29. The van der Waals surface area contributed by atoms with Crippen LogP contribution in [0.4, 0.5) is 5.82 Å². The van der Waals surface area contributed by atoms with E-state index >= 15 is 0 Å². The highest BCUT2D eigenvalue weighted by molar-refractivity contribution is 5.43. The lowest BCUT2D eigenvalue weighted by Crippen LogP contribution is -2.36. The number of imidazole rings is 1. The van der Waals surface area contributed by atoms with Crippen LogP contribution < -0.4 is 4.90 Å². The van der Waals surface area contributed by atoms with Crippen LogP contribution in [0.5, 0.6) is 0 Å². The van der Waals surface area contributed by atoms with Crippen LogP contribution >= 0.6 is 0 Å². The minimum atomic E-state index is 0.491. The molecular weight excluding hydrogens is 310 g/mol. The third kappa shape index (κ3) is 4.60. The molecule has 0 spiro atoms. The summed E-state index contributed by atoms with van der Waals surface area (Å²) in [5, 5.41) is 0. The zero-order chi connectivity index (χ0) is 17.8. The molecule has 3 heterocycles. The molecular formula is C20H31N5. The van der Waals surface area contributed by atoms with Crippen LogP contribution in [0.25, 0.3) is 0 Å². The van der Waals surface area contributed by atoms with Crippen LogP contribution in [0.2, 0.25) is 0 Å². The number of aryl methyl sites for hydroxylation is 3. The van der Waals surface area contributed by atoms with E-state index in [-0.39, 0.29) is 0 Å². The summed E-state index contributed by atoms with van der Waals surface area (Å²) < 4.78 is 2.35. The fourth-order valence-corrected chi connectivity index (χ4v) is 3.80. The Bertz CT molecular complexity index is 671. The van der Waals surface area contributed by atoms with Gasteiger partial charge in [-0.15, -0.1) is 0 Å². The van der Waals surface area contributed by atoms with Crippen molar-refractivity contribution in [2.24, 2.45) is 0 Å². The van der Waals surface area contributed by atoms with Crippen molar-refractivity contribution in [3.8, 4) is 0 Å². The van der Waals surface area contributed by atoms with Gasteiger partial charge in [-0.25, -0.2) is 9.97 Å². The maximum atomic E-state index is 4.76. The lowest BCUT2D eigenvalue weighted by Gasteiger charge is -2.34. The number of aromatic nitrogens is 3. The fourth-order valence-electron chi connectivity index (χ4n) is 3.80. The van der Waals surface area contributed by atoms with Crippen LogP contribution in [0, 0.1) is 13.8 Å². The van der Waals surface area contributed by atoms with Crippen LogP contribution in [-0.2, 0) is 6.54 Å². The molecule has 1 atom stereocenters. The summed E-state index contributed by atoms with van der Waals surface area (Å²) in [6.45, 7) is 8.49. The Kier molecular flexibility index (Phi) is 5.74. The van der Waals surface area contributed by atoms with Crippen molar-refractivity contribution in [1.29, 1.82) is 0 Å². The molecule has 5 nitrogen and oxygen atoms in total. The molecule has 136 valence electrons. The van der Waals surface area contributed by atoms with Gasteiger partial charge in [-0.1, -0.05) is 0 Å². The number of rotatable bonds is 6. The second-order valence-corrected chi connectivity index (χ2v) is 7.56. The van der Waals surface area contributed by atoms with E-state index in [1.807, 2.05) is 6.20 Å². The smallest absolute Gasteiger partial charge is 0.129 e. The van der Waals surface area contributed by atoms with E-state index in [0.29, 0.717) is 5.92 Å². The van der Waals surface area contributed by atoms with Gasteiger partial charge in [-0.3, -0.25) is 0 Å². The van der Waals surface area contributed by atoms with Crippen molar-refractivity contribution < 1.29 is 0 Å². The second kappa shape index (κ2) is 8.00. The first-order valence-electron chi connectivity index (χ1n) is 9.39. The lowest BCUT2D eigenvalue weighted by molar-refractivity contribution is 0.380. The molecule has 1 aliphatic heterocycles. The first-order valence-corrected chi connectivity index (χ1v) is 9.39. The van der Waals surface area contributed by atoms with E-state index in [0.717, 1.165) is 44.1 Å². The van der Waals surface area contributed by atoms with Gasteiger partial charge in [0.25, 0.3) is 0 Å². The zero-order valence-electron chi connectivity index (χ0n) is 16.1. The topological polar surface area (TPSA) is 37.2 Å². The maximum Gasteiger partial charge on any atom is 0.129 e. The molecule has 5 heteroatoms. The second-order valence-electron chi connectivity index (χ2n) is 7.56. The molecule has 0 aliphatic carbocycles. The first kappa shape index (κ1) is 17.9. The van der Waals surface area contributed by atoms with Gasteiger partial charge in [0.05, 0.1) is 0 Å². The number of hydrogen-bond acceptors (Lipinski definition) is 4. The van der Waals surface area contributed by atoms with E-state index in [1.165, 1.54) is 24.2 Å². The van der Waals surface area contributed by atoms with Gasteiger partial charge < -0.3 is 14.4 Å². The molecule has 0 radical (unpaired) electrons. The molecule has 0 aromatic carbocycles. The third-order valence-electron chi connectivity index (χ3n) is 4.95. The zero-order valence-corrected chi connectivity index (χ0v) is 16.1. The quantitative estimate of drug-likeness (QED) is 0.808. The first-order chi connectivity index (χ1) is 12.0. The Hall–Kier alpha value is -1.88. The molecule has 0 saturated carbocycles. The largest absolute Gasteiger partial charge is 0.356 e. The Labute approximate surface area is 151 Å². The minimum Gasteiger partial charge on any atom is -0.356 e. The van der Waals surface area contributed by atoms with Gasteiger partial charge in [-0.05, 0) is 71.4 Å². The van der Waals surface area contributed by atoms with E-state index in [4.69, 9.17) is 9.97 Å². The molecule has 25 heavy (non-hydrogen) atoms. The number of piperidine rings is 1. The highest BCUT2D eigenvalue weighted by Gasteiger charge is 2.25. The van der Waals surface area contributed by atoms with Crippen molar-refractivity contribution in [1.82, 2.24) is 19.4 Å². The average Bonchev–Trinajstić information content (AvgIpc) is 3.02. The van der Waals surface area contributed by atoms with Gasteiger partial charge in [0.2, 0.25) is 0 Å². The molecule has 0 N–H and O–H groups in total. The van der Waals surface area contributed by atoms with Gasteiger partial charge in [-0.2, -0.15) is 0 Å². The predicted molar refractivity (Wildman–Crippen MR) is 103 cm³/mol. The monoisotopic (exact) mass is 341 g/mol. The minimum absolute atomic E-state index is 0.491. The molecule has 1 fully saturated rings. The van der Waals surface area contributed by atoms with E-state index < -0.39 is 0 Å². The van der Waals surface area contributed by atoms with Gasteiger partial charge in [0, 0.05) is 43.6 Å². The summed E-state index contributed by atoms with van der Waals surface area (Å²) in [6.07, 6.45) is 7.67. The molecule has 2 aromatic rings. The highest BCUT2D eigenvalue weighted by atomic mass is 15.2. The molecule has 1 saturated heterocycles. The molecule has 0 bridgehead atoms. The molecule has 1 aliphatic rings. The Morgan fingerprint density at radius 1 is 1.24 bits per heavy atom. The summed E-state index contributed by atoms with van der Waals surface area (Å²) in [5.41, 5.74) is 2.39. The molecule has 0 unspecified atom stereocenters. The van der Waals surface area contributed by atoms with Crippen molar-refractivity contribution in [2.45, 2.75) is 45.6 Å². The summed E-state index contributed by atoms with van der Waals surface area (Å²) in [5.74, 6) is 2.85. The fraction of sp³-hybridized carbons (Fsp3) is 0.600. The van der Waals surface area contributed by atoms with Crippen molar-refractivity contribution in [3.63, 3.8) is 0 Å². The number of nitrogens with zero attached hydrogens (tertiary/aromatic N) is 5. The van der Waals surface area contributed by atoms with Crippen LogP contribution in [-0.4, -0.2) is 53.2 Å².